The van der Waals surface area contributed by atoms with Gasteiger partial charge in [-0.05, 0) is 43.4 Å². The van der Waals surface area contributed by atoms with Gasteiger partial charge in [-0.2, -0.15) is 5.26 Å². The summed E-state index contributed by atoms with van der Waals surface area (Å²) in [5, 5.41) is 12.9. The Morgan fingerprint density at radius 1 is 1.38 bits per heavy atom. The first-order valence-corrected chi connectivity index (χ1v) is 10.5. The summed E-state index contributed by atoms with van der Waals surface area (Å²) in [6, 6.07) is 3.97. The third-order valence-corrected chi connectivity index (χ3v) is 6.34. The number of carbonyl (C=O) groups is 2. The van der Waals surface area contributed by atoms with E-state index in [0.717, 1.165) is 41.9 Å². The molecule has 0 aromatic carbocycles. The number of hydrogen-bond donors (Lipinski definition) is 1. The molecule has 1 saturated heterocycles. The number of nitrogens with zero attached hydrogens (tertiary/aromatic N) is 2. The van der Waals surface area contributed by atoms with Crippen molar-refractivity contribution in [3.63, 3.8) is 0 Å². The Morgan fingerprint density at radius 3 is 2.93 bits per heavy atom. The number of thiophene rings is 1. The predicted molar refractivity (Wildman–Crippen MR) is 109 cm³/mol. The van der Waals surface area contributed by atoms with Crippen LogP contribution in [0.25, 0.3) is 6.08 Å². The van der Waals surface area contributed by atoms with Crippen molar-refractivity contribution in [1.82, 2.24) is 4.90 Å². The second kappa shape index (κ2) is 8.53. The number of ether oxygens (including phenoxy) is 1. The van der Waals surface area contributed by atoms with E-state index in [4.69, 9.17) is 9.15 Å². The van der Waals surface area contributed by atoms with Crippen molar-refractivity contribution in [1.29, 1.82) is 5.26 Å². The van der Waals surface area contributed by atoms with E-state index in [-0.39, 0.29) is 18.1 Å². The number of likely N-dealkylation sites (tertiary alicyclic amines) is 1. The van der Waals surface area contributed by atoms with Gasteiger partial charge in [0.1, 0.15) is 17.2 Å². The SMILES string of the molecule is N#Cc1c(NC(=O)C=Cc2ccoc2)sc2c1CCC(OC(=O)N1CCCC1)C2. The molecule has 1 aliphatic heterocycles. The van der Waals surface area contributed by atoms with Gasteiger partial charge in [-0.25, -0.2) is 4.79 Å². The molecule has 0 radical (unpaired) electrons. The number of fused-ring (bicyclic) bond motifs is 1. The van der Waals surface area contributed by atoms with Crippen LogP contribution in [-0.2, 0) is 22.4 Å². The molecule has 2 aromatic heterocycles. The van der Waals surface area contributed by atoms with Crippen molar-refractivity contribution >= 4 is 34.4 Å². The first-order valence-electron chi connectivity index (χ1n) is 9.65. The van der Waals surface area contributed by atoms with E-state index in [2.05, 4.69) is 11.4 Å². The van der Waals surface area contributed by atoms with Gasteiger partial charge in [-0.15, -0.1) is 11.3 Å². The highest BCUT2D eigenvalue weighted by Gasteiger charge is 2.30. The summed E-state index contributed by atoms with van der Waals surface area (Å²) in [4.78, 5) is 27.2. The second-order valence-corrected chi connectivity index (χ2v) is 8.25. The molecule has 2 aliphatic rings. The van der Waals surface area contributed by atoms with E-state index in [0.29, 0.717) is 29.8 Å². The number of furan rings is 1. The molecule has 2 aromatic rings. The van der Waals surface area contributed by atoms with Gasteiger partial charge in [-0.1, -0.05) is 0 Å². The fourth-order valence-electron chi connectivity index (χ4n) is 3.67. The molecular formula is C21H21N3O4S. The smallest absolute Gasteiger partial charge is 0.410 e. The van der Waals surface area contributed by atoms with Crippen molar-refractivity contribution in [2.24, 2.45) is 0 Å². The molecule has 1 N–H and O–H groups in total. The van der Waals surface area contributed by atoms with E-state index in [9.17, 15) is 14.9 Å². The molecule has 0 spiro atoms. The van der Waals surface area contributed by atoms with E-state index in [1.54, 1.807) is 17.0 Å². The zero-order valence-corrected chi connectivity index (χ0v) is 16.7. The lowest BCUT2D eigenvalue weighted by molar-refractivity contribution is -0.111. The fourth-order valence-corrected chi connectivity index (χ4v) is 4.94. The quantitative estimate of drug-likeness (QED) is 0.769. The molecule has 1 aliphatic carbocycles. The second-order valence-electron chi connectivity index (χ2n) is 7.14. The maximum Gasteiger partial charge on any atom is 0.410 e. The molecule has 1 atom stereocenters. The number of nitriles is 1. The van der Waals surface area contributed by atoms with Crippen LogP contribution in [0.5, 0.6) is 0 Å². The molecule has 4 rings (SSSR count). The van der Waals surface area contributed by atoms with Crippen molar-refractivity contribution in [2.75, 3.05) is 18.4 Å². The highest BCUT2D eigenvalue weighted by atomic mass is 32.1. The summed E-state index contributed by atoms with van der Waals surface area (Å²) in [5.41, 5.74) is 2.26. The Kier molecular flexibility index (Phi) is 5.67. The average molecular weight is 411 g/mol. The minimum Gasteiger partial charge on any atom is -0.472 e. The van der Waals surface area contributed by atoms with Gasteiger partial charge >= 0.3 is 6.09 Å². The molecule has 29 heavy (non-hydrogen) atoms. The van der Waals surface area contributed by atoms with Crippen LogP contribution >= 0.6 is 11.3 Å². The van der Waals surface area contributed by atoms with E-state index >= 15 is 0 Å². The highest BCUT2D eigenvalue weighted by Crippen LogP contribution is 2.38. The van der Waals surface area contributed by atoms with Gasteiger partial charge in [0.2, 0.25) is 5.91 Å². The first kappa shape index (κ1) is 19.3. The largest absolute Gasteiger partial charge is 0.472 e. The first-order chi connectivity index (χ1) is 14.1. The van der Waals surface area contributed by atoms with Gasteiger partial charge < -0.3 is 19.4 Å². The number of hydrogen-bond acceptors (Lipinski definition) is 6. The molecule has 3 heterocycles. The van der Waals surface area contributed by atoms with Crippen molar-refractivity contribution in [3.05, 3.63) is 46.2 Å². The normalized spacial score (nSPS) is 18.4. The van der Waals surface area contributed by atoms with E-state index in [1.807, 2.05) is 0 Å². The standard InChI is InChI=1S/C21H21N3O4S/c22-12-17-16-5-4-15(28-21(26)24-8-1-2-9-24)11-18(16)29-20(17)23-19(25)6-3-14-7-10-27-13-14/h3,6-7,10,13,15H,1-2,4-5,8-9,11H2,(H,23,25). The van der Waals surface area contributed by atoms with Crippen LogP contribution in [0.15, 0.2) is 29.1 Å². The van der Waals surface area contributed by atoms with Crippen molar-refractivity contribution in [2.45, 2.75) is 38.2 Å². The van der Waals surface area contributed by atoms with Gasteiger partial charge in [0.15, 0.2) is 0 Å². The zero-order valence-electron chi connectivity index (χ0n) is 15.8. The average Bonchev–Trinajstić information content (AvgIpc) is 3.46. The Labute approximate surface area is 172 Å². The lowest BCUT2D eigenvalue weighted by Gasteiger charge is -2.25. The minimum atomic E-state index is -0.307. The molecule has 0 saturated carbocycles. The Hall–Kier alpha value is -3.05. The summed E-state index contributed by atoms with van der Waals surface area (Å²) in [7, 11) is 0. The molecule has 0 bridgehead atoms. The Balaban J connectivity index is 1.42. The zero-order chi connectivity index (χ0) is 20.2. The highest BCUT2D eigenvalue weighted by molar-refractivity contribution is 7.16. The van der Waals surface area contributed by atoms with Crippen LogP contribution < -0.4 is 5.32 Å². The van der Waals surface area contributed by atoms with Crippen LogP contribution in [0.1, 0.15) is 40.8 Å². The monoisotopic (exact) mass is 411 g/mol. The number of carbonyl (C=O) groups excluding carboxylic acids is 2. The third kappa shape index (κ3) is 4.35. The molecule has 150 valence electrons. The number of anilines is 1. The maximum atomic E-state index is 12.3. The summed E-state index contributed by atoms with van der Waals surface area (Å²) < 4.78 is 10.6. The molecule has 1 fully saturated rings. The molecular weight excluding hydrogens is 390 g/mol. The van der Waals surface area contributed by atoms with Crippen LogP contribution in [0.3, 0.4) is 0 Å². The van der Waals surface area contributed by atoms with E-state index in [1.165, 1.54) is 29.9 Å². The van der Waals surface area contributed by atoms with E-state index < -0.39 is 0 Å². The number of rotatable bonds is 4. The van der Waals surface area contributed by atoms with Gasteiger partial charge in [0.05, 0.1) is 18.1 Å². The third-order valence-electron chi connectivity index (χ3n) is 5.17. The van der Waals surface area contributed by atoms with Crippen LogP contribution in [-0.4, -0.2) is 36.1 Å². The van der Waals surface area contributed by atoms with Gasteiger partial charge in [0, 0.05) is 36.0 Å². The minimum absolute atomic E-state index is 0.190. The molecule has 1 unspecified atom stereocenters. The Bertz CT molecular complexity index is 965. The van der Waals surface area contributed by atoms with Gasteiger partial charge in [0.25, 0.3) is 0 Å². The van der Waals surface area contributed by atoms with Crippen LogP contribution in [0, 0.1) is 11.3 Å². The molecule has 2 amide bonds. The maximum absolute atomic E-state index is 12.3. The predicted octanol–water partition coefficient (Wildman–Crippen LogP) is 3.95. The van der Waals surface area contributed by atoms with Crippen LogP contribution in [0.4, 0.5) is 9.80 Å². The summed E-state index contributed by atoms with van der Waals surface area (Å²) in [6.07, 6.45) is 9.67. The van der Waals surface area contributed by atoms with Crippen LogP contribution in [0.2, 0.25) is 0 Å². The fraction of sp³-hybridized carbons (Fsp3) is 0.381. The molecule has 8 heteroatoms. The summed E-state index contributed by atoms with van der Waals surface area (Å²) in [5.74, 6) is -0.307. The van der Waals surface area contributed by atoms with Gasteiger partial charge in [-0.3, -0.25) is 4.79 Å². The summed E-state index contributed by atoms with van der Waals surface area (Å²) >= 11 is 1.39. The summed E-state index contributed by atoms with van der Waals surface area (Å²) in [6.45, 7) is 1.52. The van der Waals surface area contributed by atoms with Crippen molar-refractivity contribution < 1.29 is 18.7 Å². The lowest BCUT2D eigenvalue weighted by atomic mass is 9.94. The van der Waals surface area contributed by atoms with Crippen molar-refractivity contribution in [3.8, 4) is 6.07 Å². The molecule has 7 nitrogen and oxygen atoms in total. The lowest BCUT2D eigenvalue weighted by Crippen LogP contribution is -2.34. The number of nitrogens with one attached hydrogen (secondary N) is 1. The Morgan fingerprint density at radius 2 is 2.21 bits per heavy atom. The topological polar surface area (TPSA) is 95.6 Å². The number of amides is 2.